The summed E-state index contributed by atoms with van der Waals surface area (Å²) in [7, 11) is 0. The van der Waals surface area contributed by atoms with Gasteiger partial charge in [0.1, 0.15) is 12.8 Å². The van der Waals surface area contributed by atoms with Gasteiger partial charge in [0.15, 0.2) is 0 Å². The number of rotatable bonds is 7. The first-order valence-corrected chi connectivity index (χ1v) is 12.6. The van der Waals surface area contributed by atoms with E-state index in [1.165, 1.54) is 12.8 Å². The zero-order chi connectivity index (χ0) is 21.9. The highest BCUT2D eigenvalue weighted by atomic mass is 35.5. The molecular formula is C23H37ClFN3O3. The maximum atomic E-state index is 13.8. The Hall–Kier alpha value is -0.920. The van der Waals surface area contributed by atoms with Gasteiger partial charge < -0.3 is 20.7 Å². The molecule has 1 saturated heterocycles. The van der Waals surface area contributed by atoms with Crippen molar-refractivity contribution < 1.29 is 18.7 Å². The number of carbonyl (C=O) groups is 2. The largest absolute Gasteiger partial charge is 0.368 e. The van der Waals surface area contributed by atoms with Gasteiger partial charge in [-0.2, -0.15) is 0 Å². The van der Waals surface area contributed by atoms with E-state index < -0.39 is 11.5 Å². The summed E-state index contributed by atoms with van der Waals surface area (Å²) in [6.45, 7) is 1.72. The van der Waals surface area contributed by atoms with Crippen molar-refractivity contribution in [2.75, 3.05) is 19.7 Å². The predicted molar refractivity (Wildman–Crippen MR) is 118 cm³/mol. The van der Waals surface area contributed by atoms with E-state index in [4.69, 9.17) is 16.3 Å². The van der Waals surface area contributed by atoms with Crippen molar-refractivity contribution in [1.82, 2.24) is 16.0 Å². The lowest BCUT2D eigenvalue weighted by molar-refractivity contribution is -0.141. The zero-order valence-electron chi connectivity index (χ0n) is 18.4. The molecule has 4 unspecified atom stereocenters. The molecule has 0 aromatic carbocycles. The average molecular weight is 458 g/mol. The van der Waals surface area contributed by atoms with E-state index in [-0.39, 0.29) is 41.9 Å². The molecule has 5 fully saturated rings. The fourth-order valence-electron chi connectivity index (χ4n) is 5.93. The Bertz CT molecular complexity index is 633. The minimum atomic E-state index is -1.06. The van der Waals surface area contributed by atoms with E-state index in [9.17, 15) is 14.0 Å². The first kappa shape index (κ1) is 23.2. The number of alkyl halides is 2. The van der Waals surface area contributed by atoms with Gasteiger partial charge in [-0.3, -0.25) is 9.59 Å². The number of amides is 2. The summed E-state index contributed by atoms with van der Waals surface area (Å²) in [5.41, 5.74) is -0.488. The average Bonchev–Trinajstić information content (AvgIpc) is 2.80. The second kappa shape index (κ2) is 9.92. The van der Waals surface area contributed by atoms with Gasteiger partial charge in [-0.1, -0.05) is 6.42 Å². The number of fused-ring (bicyclic) bond motifs is 3. The van der Waals surface area contributed by atoms with Crippen molar-refractivity contribution >= 4 is 23.4 Å². The molecule has 0 radical (unpaired) electrons. The predicted octanol–water partition coefficient (Wildman–Crippen LogP) is 2.97. The van der Waals surface area contributed by atoms with Gasteiger partial charge in [0.05, 0.1) is 11.5 Å². The van der Waals surface area contributed by atoms with Crippen molar-refractivity contribution in [3.8, 4) is 0 Å². The summed E-state index contributed by atoms with van der Waals surface area (Å²) < 4.78 is 19.4. The number of hydrogen-bond donors (Lipinski definition) is 3. The summed E-state index contributed by atoms with van der Waals surface area (Å²) in [5.74, 6) is 0.0594. The first-order chi connectivity index (χ1) is 14.9. The van der Waals surface area contributed by atoms with Crippen molar-refractivity contribution in [3.05, 3.63) is 0 Å². The van der Waals surface area contributed by atoms with Gasteiger partial charge in [-0.15, -0.1) is 11.6 Å². The van der Waals surface area contributed by atoms with E-state index in [0.717, 1.165) is 51.5 Å². The number of hydrogen-bond acceptors (Lipinski definition) is 4. The van der Waals surface area contributed by atoms with E-state index in [1.54, 1.807) is 0 Å². The second-order valence-electron chi connectivity index (χ2n) is 10.2. The van der Waals surface area contributed by atoms with Gasteiger partial charge in [0, 0.05) is 30.0 Å². The molecule has 6 nitrogen and oxygen atoms in total. The number of ether oxygens (including phenoxy) is 1. The summed E-state index contributed by atoms with van der Waals surface area (Å²) in [6.07, 6.45) is 8.78. The molecule has 1 aliphatic heterocycles. The van der Waals surface area contributed by atoms with Crippen molar-refractivity contribution in [1.29, 1.82) is 0 Å². The molecular weight excluding hydrogens is 421 g/mol. The van der Waals surface area contributed by atoms with Crippen LogP contribution in [0.4, 0.5) is 4.39 Å². The second-order valence-corrected chi connectivity index (χ2v) is 10.8. The molecule has 31 heavy (non-hydrogen) atoms. The van der Waals surface area contributed by atoms with Crippen LogP contribution in [0.3, 0.4) is 0 Å². The first-order valence-electron chi connectivity index (χ1n) is 12.1. The quantitative estimate of drug-likeness (QED) is 0.513. The fourth-order valence-corrected chi connectivity index (χ4v) is 6.16. The fraction of sp³-hybridized carbons (Fsp3) is 0.913. The van der Waals surface area contributed by atoms with Crippen LogP contribution in [0.5, 0.6) is 0 Å². The highest BCUT2D eigenvalue weighted by molar-refractivity contribution is 6.21. The molecule has 2 amide bonds. The van der Waals surface area contributed by atoms with E-state index in [2.05, 4.69) is 16.0 Å². The summed E-state index contributed by atoms with van der Waals surface area (Å²) in [4.78, 5) is 25.5. The number of nitrogens with one attached hydrogen (secondary N) is 3. The Morgan fingerprint density at radius 3 is 2.45 bits per heavy atom. The maximum absolute atomic E-state index is 13.8. The van der Waals surface area contributed by atoms with Gasteiger partial charge in [-0.25, -0.2) is 4.39 Å². The molecule has 5 aliphatic rings. The Morgan fingerprint density at radius 1 is 1.06 bits per heavy atom. The number of piperidine rings is 1. The Morgan fingerprint density at radius 2 is 1.81 bits per heavy atom. The molecule has 3 N–H and O–H groups in total. The molecule has 0 aromatic rings. The van der Waals surface area contributed by atoms with Crippen LogP contribution in [0, 0.1) is 5.41 Å². The van der Waals surface area contributed by atoms with Crippen LogP contribution in [0.25, 0.3) is 0 Å². The summed E-state index contributed by atoms with van der Waals surface area (Å²) in [5, 5.41) is 9.45. The molecule has 8 heteroatoms. The van der Waals surface area contributed by atoms with Crippen LogP contribution in [-0.2, 0) is 14.3 Å². The van der Waals surface area contributed by atoms with Crippen LogP contribution >= 0.6 is 11.6 Å². The third kappa shape index (κ3) is 5.53. The third-order valence-corrected chi connectivity index (χ3v) is 8.64. The molecule has 4 saturated carbocycles. The Balaban J connectivity index is 1.20. The lowest BCUT2D eigenvalue weighted by Gasteiger charge is -2.52. The standard InChI is InChI=1S/C23H37ClFN3O3/c24-18-5-4-17(13-19(18)25)31-15-20(29)28-23-9-6-22(7-10-23,8-11-23)21(30)27-14-16-3-1-2-12-26-16/h16-19,26H,1-15H2,(H,27,30)(H,28,29). The Labute approximate surface area is 189 Å². The van der Waals surface area contributed by atoms with Crippen LogP contribution in [-0.4, -0.2) is 60.7 Å². The van der Waals surface area contributed by atoms with Gasteiger partial charge in [0.2, 0.25) is 11.8 Å². The summed E-state index contributed by atoms with van der Waals surface area (Å²) >= 11 is 5.92. The minimum Gasteiger partial charge on any atom is -0.368 e. The zero-order valence-corrected chi connectivity index (χ0v) is 19.2. The molecule has 0 aromatic heterocycles. The smallest absolute Gasteiger partial charge is 0.246 e. The number of halogens is 2. The molecule has 4 atom stereocenters. The molecule has 1 heterocycles. The van der Waals surface area contributed by atoms with Crippen LogP contribution in [0.2, 0.25) is 0 Å². The van der Waals surface area contributed by atoms with Crippen molar-refractivity contribution in [3.63, 3.8) is 0 Å². The SMILES string of the molecule is O=C(COC1CCC(Cl)C(F)C1)NC12CCC(C(=O)NCC3CCCCN3)(CC1)CC2. The molecule has 5 rings (SSSR count). The number of carbonyl (C=O) groups excluding carboxylic acids is 2. The van der Waals surface area contributed by atoms with Gasteiger partial charge in [-0.05, 0) is 70.8 Å². The Kier molecular flexibility index (Phi) is 7.44. The van der Waals surface area contributed by atoms with Crippen LogP contribution in [0.15, 0.2) is 0 Å². The molecule has 2 bridgehead atoms. The molecule has 176 valence electrons. The lowest BCUT2D eigenvalue weighted by Crippen LogP contribution is -2.60. The lowest BCUT2D eigenvalue weighted by atomic mass is 9.57. The van der Waals surface area contributed by atoms with Gasteiger partial charge >= 0.3 is 0 Å². The highest BCUT2D eigenvalue weighted by Crippen LogP contribution is 2.52. The van der Waals surface area contributed by atoms with Crippen LogP contribution < -0.4 is 16.0 Å². The van der Waals surface area contributed by atoms with Gasteiger partial charge in [0.25, 0.3) is 0 Å². The normalized spacial score (nSPS) is 40.3. The maximum Gasteiger partial charge on any atom is 0.246 e. The topological polar surface area (TPSA) is 79.5 Å². The van der Waals surface area contributed by atoms with Crippen molar-refractivity contribution in [2.45, 2.75) is 106 Å². The third-order valence-electron chi connectivity index (χ3n) is 8.15. The van der Waals surface area contributed by atoms with Crippen LogP contribution in [0.1, 0.15) is 77.0 Å². The van der Waals surface area contributed by atoms with Crippen molar-refractivity contribution in [2.24, 2.45) is 5.41 Å². The minimum absolute atomic E-state index is 0.0356. The molecule has 0 spiro atoms. The van der Waals surface area contributed by atoms with E-state index in [1.807, 2.05) is 0 Å². The van der Waals surface area contributed by atoms with E-state index >= 15 is 0 Å². The highest BCUT2D eigenvalue weighted by Gasteiger charge is 2.52. The van der Waals surface area contributed by atoms with E-state index in [0.29, 0.717) is 25.4 Å². The monoisotopic (exact) mass is 457 g/mol. The summed E-state index contributed by atoms with van der Waals surface area (Å²) in [6, 6.07) is 0.395. The molecule has 4 aliphatic carbocycles.